The molecule has 4 rings (SSSR count). The summed E-state index contributed by atoms with van der Waals surface area (Å²) in [6, 6.07) is 18.0. The van der Waals surface area contributed by atoms with Crippen molar-refractivity contribution in [1.29, 1.82) is 0 Å². The Morgan fingerprint density at radius 3 is 2.17 bits per heavy atom. The van der Waals surface area contributed by atoms with Gasteiger partial charge in [-0.15, -0.1) is 11.8 Å². The number of halogens is 1. The summed E-state index contributed by atoms with van der Waals surface area (Å²) < 4.78 is 24.4. The normalized spacial score (nSPS) is 17.1. The molecular weight excluding hydrogens is 617 g/mol. The number of carboxylic acid groups (broad SMARTS) is 1. The molecule has 4 N–H and O–H groups in total. The maximum atomic E-state index is 13.6. The summed E-state index contributed by atoms with van der Waals surface area (Å²) in [6.45, 7) is 2.53. The van der Waals surface area contributed by atoms with Crippen molar-refractivity contribution < 1.29 is 43.3 Å². The van der Waals surface area contributed by atoms with Gasteiger partial charge in [-0.25, -0.2) is 9.18 Å². The highest BCUT2D eigenvalue weighted by Gasteiger charge is 2.49. The van der Waals surface area contributed by atoms with Crippen molar-refractivity contribution in [3.05, 3.63) is 89.7 Å². The first-order valence-electron chi connectivity index (χ1n) is 14.5. The number of amides is 3. The summed E-state index contributed by atoms with van der Waals surface area (Å²) in [4.78, 5) is 50.5. The largest absolute Gasteiger partial charge is 0.497 e. The summed E-state index contributed by atoms with van der Waals surface area (Å²) in [6.07, 6.45) is -0.814. The van der Waals surface area contributed by atoms with Crippen LogP contribution < -0.4 is 25.0 Å². The van der Waals surface area contributed by atoms with E-state index in [-0.39, 0.29) is 24.2 Å². The molecule has 1 aliphatic rings. The minimum Gasteiger partial charge on any atom is -0.497 e. The summed E-state index contributed by atoms with van der Waals surface area (Å²) in [5, 5.41) is 24.2. The molecule has 0 bridgehead atoms. The van der Waals surface area contributed by atoms with Gasteiger partial charge in [0.05, 0.1) is 25.8 Å². The monoisotopic (exact) mass is 653 g/mol. The van der Waals surface area contributed by atoms with Gasteiger partial charge >= 0.3 is 5.97 Å². The van der Waals surface area contributed by atoms with E-state index in [9.17, 15) is 33.8 Å². The van der Waals surface area contributed by atoms with Crippen LogP contribution in [0.5, 0.6) is 11.5 Å². The Bertz CT molecular complexity index is 1520. The number of carboxylic acids is 1. The number of carbonyl (C=O) groups is 4. The molecule has 0 aromatic heterocycles. The van der Waals surface area contributed by atoms with Crippen LogP contribution in [0, 0.1) is 11.7 Å². The third-order valence-corrected chi connectivity index (χ3v) is 8.70. The molecule has 244 valence electrons. The lowest BCUT2D eigenvalue weighted by Gasteiger charge is -2.47. The highest BCUT2D eigenvalue weighted by atomic mass is 32.2. The maximum Gasteiger partial charge on any atom is 0.326 e. The molecule has 11 nitrogen and oxygen atoms in total. The number of β-lactam (4-membered cyclic amide) rings is 1. The highest BCUT2D eigenvalue weighted by molar-refractivity contribution is 8.00. The van der Waals surface area contributed by atoms with Gasteiger partial charge in [0.1, 0.15) is 28.6 Å². The Morgan fingerprint density at radius 2 is 1.59 bits per heavy atom. The SMILES string of the molecule is COc1ccc(C(O)CS[C@H]2C(=O)N(c3ccc(F)cc3)C2c2ccc(OCC(=O)NCC(=O)N[C@@H](C(=O)O)C(C)C)cc2)cc1. The van der Waals surface area contributed by atoms with E-state index in [0.29, 0.717) is 22.7 Å². The molecule has 46 heavy (non-hydrogen) atoms. The van der Waals surface area contributed by atoms with Crippen molar-refractivity contribution in [2.45, 2.75) is 37.3 Å². The van der Waals surface area contributed by atoms with Gasteiger partial charge in [-0.1, -0.05) is 38.1 Å². The van der Waals surface area contributed by atoms with Crippen molar-refractivity contribution in [3.63, 3.8) is 0 Å². The third kappa shape index (κ3) is 8.55. The van der Waals surface area contributed by atoms with Gasteiger partial charge in [-0.05, 0) is 65.6 Å². The molecule has 4 atom stereocenters. The van der Waals surface area contributed by atoms with Crippen molar-refractivity contribution in [1.82, 2.24) is 10.6 Å². The van der Waals surface area contributed by atoms with E-state index in [1.807, 2.05) is 0 Å². The number of benzene rings is 3. The molecule has 0 radical (unpaired) electrons. The van der Waals surface area contributed by atoms with Crippen LogP contribution in [0.3, 0.4) is 0 Å². The van der Waals surface area contributed by atoms with Gasteiger partial charge < -0.3 is 35.2 Å². The van der Waals surface area contributed by atoms with Crippen molar-refractivity contribution in [3.8, 4) is 11.5 Å². The zero-order valence-electron chi connectivity index (χ0n) is 25.5. The second kappa shape index (κ2) is 15.6. The van der Waals surface area contributed by atoms with E-state index in [1.165, 1.54) is 36.0 Å². The number of carbonyl (C=O) groups excluding carboxylic acids is 3. The van der Waals surface area contributed by atoms with E-state index in [1.54, 1.807) is 74.4 Å². The lowest BCUT2D eigenvalue weighted by atomic mass is 9.92. The number of nitrogens with zero attached hydrogens (tertiary/aromatic N) is 1. The second-order valence-corrected chi connectivity index (χ2v) is 12.1. The minimum atomic E-state index is -1.16. The molecule has 1 heterocycles. The molecule has 2 unspecified atom stereocenters. The smallest absolute Gasteiger partial charge is 0.326 e. The molecule has 0 spiro atoms. The number of aliphatic hydroxyl groups is 1. The molecular formula is C33H36FN3O8S. The van der Waals surface area contributed by atoms with Crippen molar-refractivity contribution in [2.75, 3.05) is 30.9 Å². The zero-order valence-corrected chi connectivity index (χ0v) is 26.3. The van der Waals surface area contributed by atoms with Crippen molar-refractivity contribution >= 4 is 41.1 Å². The Balaban J connectivity index is 1.37. The number of aliphatic hydroxyl groups excluding tert-OH is 1. The Labute approximate surface area is 270 Å². The quantitative estimate of drug-likeness (QED) is 0.181. The number of anilines is 1. The first-order chi connectivity index (χ1) is 22.0. The van der Waals surface area contributed by atoms with E-state index in [0.717, 1.165) is 5.56 Å². The Morgan fingerprint density at radius 1 is 0.957 bits per heavy atom. The van der Waals surface area contributed by atoms with Crippen LogP contribution in [0.4, 0.5) is 10.1 Å². The van der Waals surface area contributed by atoms with Gasteiger partial charge in [0.25, 0.3) is 5.91 Å². The number of methoxy groups -OCH3 is 1. The van der Waals surface area contributed by atoms with Gasteiger partial charge in [0.15, 0.2) is 6.61 Å². The summed E-state index contributed by atoms with van der Waals surface area (Å²) in [7, 11) is 1.56. The van der Waals surface area contributed by atoms with E-state index < -0.39 is 53.6 Å². The molecule has 0 saturated carbocycles. The maximum absolute atomic E-state index is 13.6. The minimum absolute atomic E-state index is 0.173. The first kappa shape index (κ1) is 34.3. The molecule has 1 saturated heterocycles. The van der Waals surface area contributed by atoms with Crippen LogP contribution in [0.15, 0.2) is 72.8 Å². The topological polar surface area (TPSA) is 154 Å². The van der Waals surface area contributed by atoms with Gasteiger partial charge in [-0.2, -0.15) is 0 Å². The second-order valence-electron chi connectivity index (χ2n) is 10.9. The van der Waals surface area contributed by atoms with E-state index >= 15 is 0 Å². The fourth-order valence-corrected chi connectivity index (χ4v) is 6.13. The average molecular weight is 654 g/mol. The lowest BCUT2D eigenvalue weighted by Crippen LogP contribution is -2.57. The summed E-state index contributed by atoms with van der Waals surface area (Å²) in [5.41, 5.74) is 2.00. The number of nitrogens with one attached hydrogen (secondary N) is 2. The fraction of sp³-hybridized carbons (Fsp3) is 0.333. The molecule has 3 amide bonds. The Hall–Kier alpha value is -4.62. The van der Waals surface area contributed by atoms with Crippen molar-refractivity contribution in [2.24, 2.45) is 5.92 Å². The number of hydrogen-bond acceptors (Lipinski definition) is 8. The molecule has 1 aliphatic heterocycles. The molecule has 13 heteroatoms. The van der Waals surface area contributed by atoms with Crippen LogP contribution in [-0.4, -0.2) is 71.2 Å². The average Bonchev–Trinajstić information content (AvgIpc) is 3.05. The standard InChI is InChI=1S/C33H36FN3O8S/c1-19(2)29(33(42)43)36-27(39)16-35-28(40)17-45-25-14-6-21(7-15-25)30-31(32(41)37(30)23-10-8-22(34)9-11-23)46-18-26(38)20-4-12-24(44-3)13-5-20/h4-15,19,26,29-31,38H,16-18H2,1-3H3,(H,35,40)(H,36,39)(H,42,43)/t26?,29-,30?,31-/m1/s1. The molecule has 3 aromatic carbocycles. The van der Waals surface area contributed by atoms with Gasteiger partial charge in [-0.3, -0.25) is 14.4 Å². The number of ether oxygens (including phenoxy) is 2. The third-order valence-electron chi connectivity index (χ3n) is 7.37. The van der Waals surface area contributed by atoms with Crippen LogP contribution in [0.25, 0.3) is 0 Å². The number of aliphatic carboxylic acids is 1. The fourth-order valence-electron chi connectivity index (χ4n) is 4.83. The summed E-state index contributed by atoms with van der Waals surface area (Å²) in [5.74, 6) is -2.00. The van der Waals surface area contributed by atoms with Crippen LogP contribution >= 0.6 is 11.8 Å². The van der Waals surface area contributed by atoms with E-state index in [4.69, 9.17) is 9.47 Å². The predicted octanol–water partition coefficient (Wildman–Crippen LogP) is 3.48. The van der Waals surface area contributed by atoms with Crippen LogP contribution in [0.2, 0.25) is 0 Å². The van der Waals surface area contributed by atoms with Gasteiger partial charge in [0.2, 0.25) is 11.8 Å². The molecule has 1 fully saturated rings. The molecule has 3 aromatic rings. The zero-order chi connectivity index (χ0) is 33.4. The lowest BCUT2D eigenvalue weighted by molar-refractivity contribution is -0.143. The predicted molar refractivity (Wildman–Crippen MR) is 170 cm³/mol. The molecule has 0 aliphatic carbocycles. The van der Waals surface area contributed by atoms with Crippen LogP contribution in [0.1, 0.15) is 37.1 Å². The van der Waals surface area contributed by atoms with Gasteiger partial charge in [0, 0.05) is 11.4 Å². The first-order valence-corrected chi connectivity index (χ1v) is 15.6. The van der Waals surface area contributed by atoms with E-state index in [2.05, 4.69) is 10.6 Å². The number of rotatable bonds is 15. The summed E-state index contributed by atoms with van der Waals surface area (Å²) >= 11 is 1.33. The number of thioether (sulfide) groups is 1. The Kier molecular flexibility index (Phi) is 11.6. The highest BCUT2D eigenvalue weighted by Crippen LogP contribution is 2.46. The van der Waals surface area contributed by atoms with Crippen LogP contribution in [-0.2, 0) is 19.2 Å². The number of hydrogen-bond donors (Lipinski definition) is 4.